The number of benzene rings is 1. The molecule has 2 rings (SSSR count). The molecule has 0 saturated heterocycles. The largest absolute Gasteiger partial charge is 0.469 e. The smallest absolute Gasteiger partial charge is 0.191 e. The Kier molecular flexibility index (Phi) is 14.0. The number of nitrogens with zero attached hydrogens (tertiary/aromatic N) is 2. The molecular formula is C21H33IN4O3. The first-order valence-electron chi connectivity index (χ1n) is 9.79. The summed E-state index contributed by atoms with van der Waals surface area (Å²) in [5, 5.41) is 15.4. The summed E-state index contributed by atoms with van der Waals surface area (Å²) in [7, 11) is 2.10. The van der Waals surface area contributed by atoms with Gasteiger partial charge in [-0.3, -0.25) is 4.99 Å². The lowest BCUT2D eigenvalue weighted by Crippen LogP contribution is -2.40. The third-order valence-electron chi connectivity index (χ3n) is 4.14. The molecule has 29 heavy (non-hydrogen) atoms. The van der Waals surface area contributed by atoms with Crippen molar-refractivity contribution >= 4 is 35.6 Å². The number of furan rings is 1. The number of nitrogens with one attached hydrogen (secondary N) is 2. The third kappa shape index (κ3) is 11.1. The Hall–Kier alpha value is -1.78. The minimum Gasteiger partial charge on any atom is -0.469 e. The topological polar surface area (TPSA) is 82.3 Å². The van der Waals surface area contributed by atoms with Crippen LogP contribution in [0.1, 0.15) is 12.2 Å². The van der Waals surface area contributed by atoms with Crippen molar-refractivity contribution in [1.82, 2.24) is 10.6 Å². The van der Waals surface area contributed by atoms with Crippen LogP contribution in [-0.2, 0) is 11.2 Å². The van der Waals surface area contributed by atoms with Gasteiger partial charge in [-0.2, -0.15) is 0 Å². The van der Waals surface area contributed by atoms with Gasteiger partial charge in [-0.05, 0) is 30.7 Å². The predicted molar refractivity (Wildman–Crippen MR) is 128 cm³/mol. The first-order chi connectivity index (χ1) is 13.8. The van der Waals surface area contributed by atoms with Crippen LogP contribution in [0.25, 0.3) is 0 Å². The van der Waals surface area contributed by atoms with Gasteiger partial charge >= 0.3 is 0 Å². The molecule has 0 aliphatic carbocycles. The van der Waals surface area contributed by atoms with Crippen LogP contribution >= 0.6 is 24.0 Å². The molecule has 0 aliphatic rings. The van der Waals surface area contributed by atoms with Crippen LogP contribution < -0.4 is 15.5 Å². The molecular weight excluding hydrogens is 483 g/mol. The number of hydrogen-bond donors (Lipinski definition) is 3. The summed E-state index contributed by atoms with van der Waals surface area (Å²) in [5.74, 6) is 1.71. The second-order valence-electron chi connectivity index (χ2n) is 6.36. The van der Waals surface area contributed by atoms with E-state index in [4.69, 9.17) is 14.3 Å². The lowest BCUT2D eigenvalue weighted by molar-refractivity contribution is 0.0957. The second kappa shape index (κ2) is 16.1. The number of aliphatic hydroxyl groups excluding tert-OH is 1. The highest BCUT2D eigenvalue weighted by Crippen LogP contribution is 2.10. The van der Waals surface area contributed by atoms with E-state index in [0.29, 0.717) is 19.8 Å². The van der Waals surface area contributed by atoms with Crippen LogP contribution in [0, 0.1) is 0 Å². The summed E-state index contributed by atoms with van der Waals surface area (Å²) < 4.78 is 10.6. The lowest BCUT2D eigenvalue weighted by atomic mass is 10.3. The average Bonchev–Trinajstić information content (AvgIpc) is 3.24. The number of aliphatic hydroxyl groups is 1. The average molecular weight is 516 g/mol. The Morgan fingerprint density at radius 3 is 2.62 bits per heavy atom. The summed E-state index contributed by atoms with van der Waals surface area (Å²) in [6.45, 7) is 3.95. The van der Waals surface area contributed by atoms with Crippen molar-refractivity contribution in [3.05, 3.63) is 54.5 Å². The van der Waals surface area contributed by atoms with E-state index in [1.54, 1.807) is 6.26 Å². The highest BCUT2D eigenvalue weighted by Gasteiger charge is 2.02. The minimum absolute atomic E-state index is 0. The Morgan fingerprint density at radius 1 is 1.10 bits per heavy atom. The van der Waals surface area contributed by atoms with Crippen LogP contribution in [0.2, 0.25) is 0 Å². The van der Waals surface area contributed by atoms with Crippen LogP contribution in [0.5, 0.6) is 0 Å². The molecule has 1 aromatic heterocycles. The van der Waals surface area contributed by atoms with Crippen molar-refractivity contribution in [2.24, 2.45) is 4.99 Å². The summed E-state index contributed by atoms with van der Waals surface area (Å²) >= 11 is 0. The van der Waals surface area contributed by atoms with Gasteiger partial charge in [-0.1, -0.05) is 18.2 Å². The zero-order chi connectivity index (χ0) is 19.9. The molecule has 0 radical (unpaired) electrons. The fraction of sp³-hybridized carbons (Fsp3) is 0.476. The van der Waals surface area contributed by atoms with Gasteiger partial charge in [0.1, 0.15) is 5.76 Å². The number of anilines is 1. The van der Waals surface area contributed by atoms with Gasteiger partial charge < -0.3 is 29.8 Å². The Morgan fingerprint density at radius 2 is 1.90 bits per heavy atom. The number of ether oxygens (including phenoxy) is 1. The van der Waals surface area contributed by atoms with Crippen LogP contribution in [-0.4, -0.2) is 64.1 Å². The molecule has 0 amide bonds. The van der Waals surface area contributed by atoms with Crippen molar-refractivity contribution in [3.63, 3.8) is 0 Å². The summed E-state index contributed by atoms with van der Waals surface area (Å²) in [6, 6.07) is 14.2. The molecule has 8 heteroatoms. The maximum absolute atomic E-state index is 8.76. The fourth-order valence-electron chi connectivity index (χ4n) is 2.65. The SMILES string of the molecule is CN(CCCN=C(NCCOCCO)NCCc1ccco1)c1ccccc1.I. The first kappa shape index (κ1) is 25.3. The molecule has 3 N–H and O–H groups in total. The van der Waals surface area contributed by atoms with Crippen LogP contribution in [0.3, 0.4) is 0 Å². The van der Waals surface area contributed by atoms with E-state index >= 15 is 0 Å². The lowest BCUT2D eigenvalue weighted by Gasteiger charge is -2.18. The van der Waals surface area contributed by atoms with Crippen LogP contribution in [0.4, 0.5) is 5.69 Å². The molecule has 2 aromatic rings. The highest BCUT2D eigenvalue weighted by atomic mass is 127. The molecule has 0 atom stereocenters. The van der Waals surface area contributed by atoms with Crippen molar-refractivity contribution in [2.45, 2.75) is 12.8 Å². The number of aliphatic imine (C=N–C) groups is 1. The zero-order valence-corrected chi connectivity index (χ0v) is 19.4. The molecule has 0 fully saturated rings. The molecule has 0 unspecified atom stereocenters. The number of para-hydroxylation sites is 1. The van der Waals surface area contributed by atoms with E-state index in [9.17, 15) is 0 Å². The Labute approximate surface area is 190 Å². The predicted octanol–water partition coefficient (Wildman–Crippen LogP) is 2.51. The van der Waals surface area contributed by atoms with Crippen molar-refractivity contribution in [3.8, 4) is 0 Å². The normalized spacial score (nSPS) is 11.0. The van der Waals surface area contributed by atoms with Gasteiger partial charge in [0.15, 0.2) is 5.96 Å². The summed E-state index contributed by atoms with van der Waals surface area (Å²) in [6.07, 6.45) is 3.44. The van der Waals surface area contributed by atoms with E-state index < -0.39 is 0 Å². The van der Waals surface area contributed by atoms with Crippen molar-refractivity contribution < 1.29 is 14.3 Å². The third-order valence-corrected chi connectivity index (χ3v) is 4.14. The van der Waals surface area contributed by atoms with Gasteiger partial charge in [-0.15, -0.1) is 24.0 Å². The minimum atomic E-state index is 0. The van der Waals surface area contributed by atoms with E-state index in [0.717, 1.165) is 44.2 Å². The molecule has 7 nitrogen and oxygen atoms in total. The van der Waals surface area contributed by atoms with Gasteiger partial charge in [0.25, 0.3) is 0 Å². The molecule has 162 valence electrons. The van der Waals surface area contributed by atoms with Crippen molar-refractivity contribution in [2.75, 3.05) is 57.9 Å². The quantitative estimate of drug-likeness (QED) is 0.164. The number of halogens is 1. The second-order valence-corrected chi connectivity index (χ2v) is 6.36. The van der Waals surface area contributed by atoms with Crippen molar-refractivity contribution in [1.29, 1.82) is 0 Å². The maximum Gasteiger partial charge on any atom is 0.191 e. The molecule has 0 aliphatic heterocycles. The number of guanidine groups is 1. The molecule has 1 heterocycles. The number of rotatable bonds is 13. The zero-order valence-electron chi connectivity index (χ0n) is 17.0. The van der Waals surface area contributed by atoms with E-state index in [1.165, 1.54) is 5.69 Å². The van der Waals surface area contributed by atoms with E-state index in [2.05, 4.69) is 39.7 Å². The Bertz CT molecular complexity index is 653. The van der Waals surface area contributed by atoms with Gasteiger partial charge in [0.2, 0.25) is 0 Å². The molecule has 0 bridgehead atoms. The molecule has 1 aromatic carbocycles. The van der Waals surface area contributed by atoms with E-state index in [-0.39, 0.29) is 30.6 Å². The van der Waals surface area contributed by atoms with E-state index in [1.807, 2.05) is 30.3 Å². The van der Waals surface area contributed by atoms with Crippen LogP contribution in [0.15, 0.2) is 58.1 Å². The number of hydrogen-bond acceptors (Lipinski definition) is 5. The Balaban J connectivity index is 0.00000420. The van der Waals surface area contributed by atoms with Gasteiger partial charge in [0.05, 0.1) is 26.1 Å². The first-order valence-corrected chi connectivity index (χ1v) is 9.79. The molecule has 0 spiro atoms. The summed E-state index contributed by atoms with van der Waals surface area (Å²) in [5.41, 5.74) is 1.21. The maximum atomic E-state index is 8.76. The fourth-order valence-corrected chi connectivity index (χ4v) is 2.65. The molecule has 0 saturated carbocycles. The summed E-state index contributed by atoms with van der Waals surface area (Å²) in [4.78, 5) is 6.89. The standard InChI is InChI=1S/C21H32N4O3.HI/c1-25(19-7-3-2-4-8-19)14-6-11-22-21(24-13-17-27-18-15-26)23-12-10-20-9-5-16-28-20;/h2-5,7-9,16,26H,6,10-15,17-18H2,1H3,(H2,22,23,24);1H. The van der Waals surface area contributed by atoms with Gasteiger partial charge in [0, 0.05) is 45.3 Å². The highest BCUT2D eigenvalue weighted by molar-refractivity contribution is 14.0. The van der Waals surface area contributed by atoms with Gasteiger partial charge in [-0.25, -0.2) is 0 Å². The monoisotopic (exact) mass is 516 g/mol.